The molecule has 0 saturated heterocycles. The third kappa shape index (κ3) is 2.99. The van der Waals surface area contributed by atoms with Gasteiger partial charge < -0.3 is 9.64 Å². The lowest BCUT2D eigenvalue weighted by Crippen LogP contribution is -2.44. The summed E-state index contributed by atoms with van der Waals surface area (Å²) < 4.78 is 5.61. The molecule has 2 heterocycles. The number of ether oxygens (including phenoxy) is 1. The number of hydrogen-bond donors (Lipinski definition) is 0. The number of amides is 2. The molecule has 0 fully saturated rings. The number of fused-ring (bicyclic) bond motifs is 2. The Bertz CT molecular complexity index is 979. The third-order valence-corrected chi connectivity index (χ3v) is 6.11. The number of hydrogen-bond acceptors (Lipinski definition) is 5. The van der Waals surface area contributed by atoms with Crippen LogP contribution < -0.4 is 9.64 Å². The predicted molar refractivity (Wildman–Crippen MR) is 110 cm³/mol. The van der Waals surface area contributed by atoms with E-state index in [9.17, 15) is 14.4 Å². The molecular formula is C23H24N2O4. The summed E-state index contributed by atoms with van der Waals surface area (Å²) in [5.74, 6) is 0.173. The minimum absolute atomic E-state index is 0.230. The number of anilines is 1. The van der Waals surface area contributed by atoms with Gasteiger partial charge in [-0.1, -0.05) is 12.1 Å². The fourth-order valence-electron chi connectivity index (χ4n) is 4.43. The maximum absolute atomic E-state index is 12.7. The van der Waals surface area contributed by atoms with Crippen LogP contribution in [0.5, 0.6) is 5.75 Å². The van der Waals surface area contributed by atoms with Crippen LogP contribution in [-0.4, -0.2) is 49.2 Å². The molecule has 0 N–H and O–H groups in total. The second-order valence-corrected chi connectivity index (χ2v) is 7.63. The van der Waals surface area contributed by atoms with Crippen LogP contribution in [0.15, 0.2) is 30.3 Å². The van der Waals surface area contributed by atoms with E-state index < -0.39 is 0 Å². The Morgan fingerprint density at radius 1 is 1.14 bits per heavy atom. The zero-order valence-electron chi connectivity index (χ0n) is 16.9. The number of nitrogens with zero attached hydrogens (tertiary/aromatic N) is 2. The molecule has 2 amide bonds. The van der Waals surface area contributed by atoms with Gasteiger partial charge in [-0.05, 0) is 56.0 Å². The number of imide groups is 1. The number of carbonyl (C=O) groups is 3. The van der Waals surface area contributed by atoms with E-state index in [4.69, 9.17) is 4.74 Å². The Labute approximate surface area is 170 Å². The maximum atomic E-state index is 12.7. The van der Waals surface area contributed by atoms with Crippen molar-refractivity contribution in [2.24, 2.45) is 0 Å². The van der Waals surface area contributed by atoms with Crippen LogP contribution in [0.25, 0.3) is 0 Å². The summed E-state index contributed by atoms with van der Waals surface area (Å²) in [7, 11) is 1.60. The summed E-state index contributed by atoms with van der Waals surface area (Å²) in [6.07, 6.45) is 2.66. The Morgan fingerprint density at radius 3 is 2.38 bits per heavy atom. The lowest BCUT2D eigenvalue weighted by molar-refractivity contribution is 0.0657. The Morgan fingerprint density at radius 2 is 1.79 bits per heavy atom. The molecule has 0 aromatic heterocycles. The first-order chi connectivity index (χ1) is 14.0. The molecule has 6 heteroatoms. The zero-order valence-corrected chi connectivity index (χ0v) is 16.9. The van der Waals surface area contributed by atoms with Gasteiger partial charge in [-0.25, -0.2) is 0 Å². The van der Waals surface area contributed by atoms with Crippen LogP contribution in [0.1, 0.15) is 55.5 Å². The van der Waals surface area contributed by atoms with Crippen LogP contribution in [0.3, 0.4) is 0 Å². The minimum atomic E-state index is -0.241. The molecule has 1 unspecified atom stereocenters. The summed E-state index contributed by atoms with van der Waals surface area (Å²) in [5, 5.41) is 0. The number of aldehydes is 1. The summed E-state index contributed by atoms with van der Waals surface area (Å²) in [5.41, 5.74) is 4.60. The van der Waals surface area contributed by atoms with Crippen LogP contribution >= 0.6 is 0 Å². The molecule has 29 heavy (non-hydrogen) atoms. The molecule has 2 aromatic carbocycles. The highest BCUT2D eigenvalue weighted by Gasteiger charge is 2.36. The summed E-state index contributed by atoms with van der Waals surface area (Å²) in [6.45, 7) is 4.90. The molecule has 4 rings (SSSR count). The van der Waals surface area contributed by atoms with Gasteiger partial charge in [-0.15, -0.1) is 0 Å². The van der Waals surface area contributed by atoms with E-state index in [0.29, 0.717) is 35.5 Å². The van der Waals surface area contributed by atoms with Gasteiger partial charge in [-0.2, -0.15) is 0 Å². The van der Waals surface area contributed by atoms with Gasteiger partial charge in [0.1, 0.15) is 12.0 Å². The second-order valence-electron chi connectivity index (χ2n) is 7.63. The minimum Gasteiger partial charge on any atom is -0.495 e. The van der Waals surface area contributed by atoms with Crippen molar-refractivity contribution < 1.29 is 19.1 Å². The van der Waals surface area contributed by atoms with Crippen LogP contribution in [0.2, 0.25) is 0 Å². The van der Waals surface area contributed by atoms with Crippen molar-refractivity contribution in [3.05, 3.63) is 58.1 Å². The first kappa shape index (κ1) is 19.2. The van der Waals surface area contributed by atoms with Crippen molar-refractivity contribution >= 4 is 23.8 Å². The van der Waals surface area contributed by atoms with Gasteiger partial charge in [0.25, 0.3) is 11.8 Å². The van der Waals surface area contributed by atoms with Gasteiger partial charge in [0.15, 0.2) is 0 Å². The van der Waals surface area contributed by atoms with Crippen LogP contribution in [0, 0.1) is 6.92 Å². The van der Waals surface area contributed by atoms with E-state index in [1.54, 1.807) is 37.4 Å². The molecule has 6 nitrogen and oxygen atoms in total. The van der Waals surface area contributed by atoms with Crippen LogP contribution in [-0.2, 0) is 6.42 Å². The Kier molecular flexibility index (Phi) is 4.86. The maximum Gasteiger partial charge on any atom is 0.261 e. The molecule has 0 radical (unpaired) electrons. The first-order valence-electron chi connectivity index (χ1n) is 9.85. The van der Waals surface area contributed by atoms with Crippen molar-refractivity contribution in [3.8, 4) is 5.75 Å². The molecule has 1 atom stereocenters. The van der Waals surface area contributed by atoms with Crippen molar-refractivity contribution in [3.63, 3.8) is 0 Å². The lowest BCUT2D eigenvalue weighted by atomic mass is 9.90. The lowest BCUT2D eigenvalue weighted by Gasteiger charge is -2.39. The fourth-order valence-corrected chi connectivity index (χ4v) is 4.43. The number of rotatable bonds is 5. The molecule has 2 aromatic rings. The zero-order chi connectivity index (χ0) is 20.7. The molecule has 0 saturated carbocycles. The fraction of sp³-hybridized carbons (Fsp3) is 0.348. The standard InChI is InChI=1S/C23H24N2O4/c1-14-8-9-17-15(2)16(13-26)12-20(29-3)21(17)24(14)10-11-25-22(27)18-6-4-5-7-19(18)23(25)28/h4-7,12-14H,8-11H2,1-3H3. The van der Waals surface area contributed by atoms with Crippen molar-refractivity contribution in [2.75, 3.05) is 25.1 Å². The SMILES string of the molecule is COc1cc(C=O)c(C)c2c1N(CCN1C(=O)c3ccccc3C1=O)C(C)CC2. The highest BCUT2D eigenvalue weighted by molar-refractivity contribution is 6.21. The predicted octanol–water partition coefficient (Wildman–Crippen LogP) is 3.25. The monoisotopic (exact) mass is 392 g/mol. The number of benzene rings is 2. The Hall–Kier alpha value is -3.15. The average molecular weight is 392 g/mol. The molecule has 0 bridgehead atoms. The largest absolute Gasteiger partial charge is 0.495 e. The quantitative estimate of drug-likeness (QED) is 0.577. The molecule has 0 spiro atoms. The van der Waals surface area contributed by atoms with E-state index in [-0.39, 0.29) is 17.9 Å². The van der Waals surface area contributed by atoms with E-state index in [1.807, 2.05) is 6.92 Å². The van der Waals surface area contributed by atoms with Gasteiger partial charge in [0.2, 0.25) is 0 Å². The normalized spacial score (nSPS) is 18.0. The molecular weight excluding hydrogens is 368 g/mol. The molecule has 2 aliphatic rings. The highest BCUT2D eigenvalue weighted by Crippen LogP contribution is 2.41. The molecule has 150 valence electrons. The topological polar surface area (TPSA) is 66.9 Å². The van der Waals surface area contributed by atoms with E-state index in [1.165, 1.54) is 4.90 Å². The van der Waals surface area contributed by atoms with E-state index in [2.05, 4.69) is 11.8 Å². The van der Waals surface area contributed by atoms with Crippen molar-refractivity contribution in [1.82, 2.24) is 4.90 Å². The molecule has 0 aliphatic carbocycles. The van der Waals surface area contributed by atoms with Crippen molar-refractivity contribution in [1.29, 1.82) is 0 Å². The second kappa shape index (κ2) is 7.35. The summed E-state index contributed by atoms with van der Waals surface area (Å²) >= 11 is 0. The van der Waals surface area contributed by atoms with Crippen molar-refractivity contribution in [2.45, 2.75) is 32.7 Å². The Balaban J connectivity index is 1.64. The van der Waals surface area contributed by atoms with Gasteiger partial charge in [0.05, 0.1) is 23.9 Å². The highest BCUT2D eigenvalue weighted by atomic mass is 16.5. The molecule has 2 aliphatic heterocycles. The van der Waals surface area contributed by atoms with E-state index >= 15 is 0 Å². The smallest absolute Gasteiger partial charge is 0.261 e. The first-order valence-corrected chi connectivity index (χ1v) is 9.85. The summed E-state index contributed by atoms with van der Waals surface area (Å²) in [6, 6.07) is 8.94. The van der Waals surface area contributed by atoms with Crippen LogP contribution in [0.4, 0.5) is 5.69 Å². The van der Waals surface area contributed by atoms with Gasteiger partial charge in [-0.3, -0.25) is 19.3 Å². The van der Waals surface area contributed by atoms with E-state index in [0.717, 1.165) is 35.9 Å². The van der Waals surface area contributed by atoms with Gasteiger partial charge in [0, 0.05) is 24.7 Å². The number of carbonyl (C=O) groups excluding carboxylic acids is 3. The summed E-state index contributed by atoms with van der Waals surface area (Å²) in [4.78, 5) is 40.4. The third-order valence-electron chi connectivity index (χ3n) is 6.11. The number of methoxy groups -OCH3 is 1. The average Bonchev–Trinajstić information content (AvgIpc) is 2.98. The van der Waals surface area contributed by atoms with Gasteiger partial charge >= 0.3 is 0 Å².